The Morgan fingerprint density at radius 3 is 2.64 bits per heavy atom. The van der Waals surface area contributed by atoms with E-state index in [0.29, 0.717) is 6.47 Å². The summed E-state index contributed by atoms with van der Waals surface area (Å²) in [7, 11) is 0. The van der Waals surface area contributed by atoms with Gasteiger partial charge in [0.15, 0.2) is 0 Å². The fourth-order valence-corrected chi connectivity index (χ4v) is 1.35. The number of ether oxygens (including phenoxy) is 3. The molecule has 0 aromatic heterocycles. The fourth-order valence-electron chi connectivity index (χ4n) is 1.35. The molecule has 1 fully saturated rings. The van der Waals surface area contributed by atoms with Gasteiger partial charge in [0.1, 0.15) is 13.2 Å². The van der Waals surface area contributed by atoms with Crippen molar-refractivity contribution in [1.29, 1.82) is 0 Å². The SMILES string of the molecule is NC(=O)OC[C@@H]1CC[C@@H](COC=O)O1. The summed E-state index contributed by atoms with van der Waals surface area (Å²) in [6.45, 7) is 0.792. The highest BCUT2D eigenvalue weighted by Gasteiger charge is 2.26. The van der Waals surface area contributed by atoms with E-state index in [9.17, 15) is 9.59 Å². The lowest BCUT2D eigenvalue weighted by Crippen LogP contribution is -2.23. The van der Waals surface area contributed by atoms with E-state index < -0.39 is 6.09 Å². The van der Waals surface area contributed by atoms with Crippen LogP contribution in [0.1, 0.15) is 12.8 Å². The number of nitrogens with two attached hydrogens (primary N) is 1. The Hall–Kier alpha value is -1.30. The number of carbonyl (C=O) groups is 2. The van der Waals surface area contributed by atoms with Crippen LogP contribution in [-0.4, -0.2) is 38.0 Å². The van der Waals surface area contributed by atoms with E-state index in [2.05, 4.69) is 9.47 Å². The molecule has 80 valence electrons. The summed E-state index contributed by atoms with van der Waals surface area (Å²) >= 11 is 0. The Morgan fingerprint density at radius 2 is 2.07 bits per heavy atom. The number of amides is 1. The van der Waals surface area contributed by atoms with Gasteiger partial charge in [0.05, 0.1) is 12.2 Å². The van der Waals surface area contributed by atoms with Crippen molar-refractivity contribution in [2.24, 2.45) is 5.73 Å². The van der Waals surface area contributed by atoms with Crippen molar-refractivity contribution in [2.45, 2.75) is 25.0 Å². The summed E-state index contributed by atoms with van der Waals surface area (Å²) in [5.74, 6) is 0. The summed E-state index contributed by atoms with van der Waals surface area (Å²) in [5.41, 5.74) is 4.80. The van der Waals surface area contributed by atoms with Gasteiger partial charge in [0.2, 0.25) is 0 Å². The molecule has 0 aliphatic carbocycles. The topological polar surface area (TPSA) is 87.9 Å². The standard InChI is InChI=1S/C8H13NO5/c9-8(11)13-4-7-2-1-6(14-7)3-12-5-10/h5-7H,1-4H2,(H2,9,11)/t6-,7-/m0/s1. The highest BCUT2D eigenvalue weighted by molar-refractivity contribution is 5.64. The molecule has 0 bridgehead atoms. The number of carbonyl (C=O) groups excluding carboxylic acids is 2. The van der Waals surface area contributed by atoms with E-state index in [0.717, 1.165) is 12.8 Å². The number of hydrogen-bond donors (Lipinski definition) is 1. The van der Waals surface area contributed by atoms with E-state index in [1.807, 2.05) is 0 Å². The molecule has 2 atom stereocenters. The minimum atomic E-state index is -0.804. The fraction of sp³-hybridized carbons (Fsp3) is 0.750. The van der Waals surface area contributed by atoms with Gasteiger partial charge in [0.25, 0.3) is 6.47 Å². The van der Waals surface area contributed by atoms with Crippen molar-refractivity contribution in [2.75, 3.05) is 13.2 Å². The predicted molar refractivity (Wildman–Crippen MR) is 45.4 cm³/mol. The first-order valence-corrected chi connectivity index (χ1v) is 4.35. The molecule has 6 heteroatoms. The van der Waals surface area contributed by atoms with Gasteiger partial charge >= 0.3 is 6.09 Å². The lowest BCUT2D eigenvalue weighted by atomic mass is 10.2. The molecule has 0 radical (unpaired) electrons. The lowest BCUT2D eigenvalue weighted by molar-refractivity contribution is -0.132. The maximum Gasteiger partial charge on any atom is 0.404 e. The van der Waals surface area contributed by atoms with Crippen LogP contribution < -0.4 is 5.73 Å². The summed E-state index contributed by atoms with van der Waals surface area (Å²) in [6, 6.07) is 0. The van der Waals surface area contributed by atoms with Crippen molar-refractivity contribution in [1.82, 2.24) is 0 Å². The molecule has 0 spiro atoms. The number of hydrogen-bond acceptors (Lipinski definition) is 5. The molecule has 0 aromatic rings. The van der Waals surface area contributed by atoms with Crippen molar-refractivity contribution in [3.05, 3.63) is 0 Å². The first-order valence-electron chi connectivity index (χ1n) is 4.35. The van der Waals surface area contributed by atoms with Gasteiger partial charge in [-0.1, -0.05) is 0 Å². The van der Waals surface area contributed by atoms with E-state index in [1.54, 1.807) is 0 Å². The molecule has 1 aliphatic heterocycles. The third kappa shape index (κ3) is 3.61. The highest BCUT2D eigenvalue weighted by Crippen LogP contribution is 2.19. The van der Waals surface area contributed by atoms with Crippen LogP contribution >= 0.6 is 0 Å². The number of rotatable bonds is 5. The second-order valence-electron chi connectivity index (χ2n) is 3.02. The van der Waals surface area contributed by atoms with Gasteiger partial charge < -0.3 is 19.9 Å². The molecule has 6 nitrogen and oxygen atoms in total. The van der Waals surface area contributed by atoms with Gasteiger partial charge in [-0.05, 0) is 12.8 Å². The molecule has 1 rings (SSSR count). The zero-order valence-electron chi connectivity index (χ0n) is 7.68. The van der Waals surface area contributed by atoms with Crippen molar-refractivity contribution >= 4 is 12.6 Å². The Morgan fingerprint density at radius 1 is 1.43 bits per heavy atom. The predicted octanol–water partition coefficient (Wildman–Crippen LogP) is -0.198. The van der Waals surface area contributed by atoms with Gasteiger partial charge in [0, 0.05) is 0 Å². The van der Waals surface area contributed by atoms with Gasteiger partial charge in [-0.3, -0.25) is 4.79 Å². The van der Waals surface area contributed by atoms with E-state index in [-0.39, 0.29) is 25.4 Å². The molecule has 0 aromatic carbocycles. The molecule has 1 aliphatic rings. The van der Waals surface area contributed by atoms with Crippen LogP contribution in [0.15, 0.2) is 0 Å². The second kappa shape index (κ2) is 5.43. The minimum Gasteiger partial charge on any atom is -0.465 e. The molecular weight excluding hydrogens is 190 g/mol. The van der Waals surface area contributed by atoms with Crippen LogP contribution in [0.25, 0.3) is 0 Å². The maximum absolute atomic E-state index is 10.3. The zero-order valence-corrected chi connectivity index (χ0v) is 7.68. The summed E-state index contributed by atoms with van der Waals surface area (Å²) in [4.78, 5) is 20.2. The summed E-state index contributed by atoms with van der Waals surface area (Å²) < 4.78 is 14.5. The Bertz CT molecular complexity index is 208. The second-order valence-corrected chi connectivity index (χ2v) is 3.02. The average Bonchev–Trinajstić information content (AvgIpc) is 2.59. The minimum absolute atomic E-state index is 0.0957. The highest BCUT2D eigenvalue weighted by atomic mass is 16.6. The number of primary amides is 1. The van der Waals surface area contributed by atoms with Crippen LogP contribution in [-0.2, 0) is 19.0 Å². The van der Waals surface area contributed by atoms with Crippen LogP contribution in [0, 0.1) is 0 Å². The molecule has 0 unspecified atom stereocenters. The van der Waals surface area contributed by atoms with Crippen LogP contribution in [0.4, 0.5) is 4.79 Å². The normalized spacial score (nSPS) is 25.7. The first kappa shape index (κ1) is 10.8. The third-order valence-corrected chi connectivity index (χ3v) is 1.96. The molecule has 1 heterocycles. The van der Waals surface area contributed by atoms with Crippen LogP contribution in [0.5, 0.6) is 0 Å². The van der Waals surface area contributed by atoms with Crippen molar-refractivity contribution < 1.29 is 23.8 Å². The summed E-state index contributed by atoms with van der Waals surface area (Å²) in [5, 5.41) is 0. The quantitative estimate of drug-likeness (QED) is 0.625. The third-order valence-electron chi connectivity index (χ3n) is 1.96. The van der Waals surface area contributed by atoms with Gasteiger partial charge in [-0.2, -0.15) is 0 Å². The van der Waals surface area contributed by atoms with E-state index in [4.69, 9.17) is 10.5 Å². The van der Waals surface area contributed by atoms with Gasteiger partial charge in [-0.25, -0.2) is 4.79 Å². The van der Waals surface area contributed by atoms with Crippen molar-refractivity contribution in [3.8, 4) is 0 Å². The van der Waals surface area contributed by atoms with Gasteiger partial charge in [-0.15, -0.1) is 0 Å². The Balaban J connectivity index is 2.13. The van der Waals surface area contributed by atoms with Crippen molar-refractivity contribution in [3.63, 3.8) is 0 Å². The molecule has 2 N–H and O–H groups in total. The molecule has 1 saturated heterocycles. The smallest absolute Gasteiger partial charge is 0.404 e. The lowest BCUT2D eigenvalue weighted by Gasteiger charge is -2.12. The molecule has 0 saturated carbocycles. The Labute approximate surface area is 81.3 Å². The monoisotopic (exact) mass is 203 g/mol. The van der Waals surface area contributed by atoms with E-state index >= 15 is 0 Å². The van der Waals surface area contributed by atoms with Crippen LogP contribution in [0.2, 0.25) is 0 Å². The molecular formula is C8H13NO5. The van der Waals surface area contributed by atoms with Crippen LogP contribution in [0.3, 0.4) is 0 Å². The first-order chi connectivity index (χ1) is 6.72. The van der Waals surface area contributed by atoms with E-state index in [1.165, 1.54) is 0 Å². The molecule has 1 amide bonds. The maximum atomic E-state index is 10.3. The summed E-state index contributed by atoms with van der Waals surface area (Å²) in [6.07, 6.45) is 0.534. The average molecular weight is 203 g/mol. The Kier molecular flexibility index (Phi) is 4.18. The zero-order chi connectivity index (χ0) is 10.4. The molecule has 14 heavy (non-hydrogen) atoms. The largest absolute Gasteiger partial charge is 0.465 e.